The van der Waals surface area contributed by atoms with E-state index in [1.54, 1.807) is 18.2 Å². The molecule has 1 fully saturated rings. The molecule has 21 heavy (non-hydrogen) atoms. The van der Waals surface area contributed by atoms with E-state index in [1.165, 1.54) is 6.07 Å². The first-order valence-electron chi connectivity index (χ1n) is 6.99. The molecule has 1 aromatic carbocycles. The third kappa shape index (κ3) is 5.07. The van der Waals surface area contributed by atoms with Crippen molar-refractivity contribution in [3.63, 3.8) is 0 Å². The Morgan fingerprint density at radius 2 is 2.29 bits per heavy atom. The van der Waals surface area contributed by atoms with E-state index in [-0.39, 0.29) is 12.0 Å². The van der Waals surface area contributed by atoms with Crippen molar-refractivity contribution in [2.45, 2.75) is 25.4 Å². The Kier molecular flexibility index (Phi) is 5.57. The van der Waals surface area contributed by atoms with Gasteiger partial charge in [0.05, 0.1) is 6.10 Å². The van der Waals surface area contributed by atoms with Crippen molar-refractivity contribution in [2.75, 3.05) is 19.8 Å². The summed E-state index contributed by atoms with van der Waals surface area (Å²) in [6, 6.07) is 6.47. The number of amides is 1. The normalized spacial score (nSPS) is 17.4. The average molecular weight is 293 g/mol. The zero-order valence-electron chi connectivity index (χ0n) is 11.7. The van der Waals surface area contributed by atoms with Crippen LogP contribution in [0.1, 0.15) is 29.6 Å². The van der Waals surface area contributed by atoms with Gasteiger partial charge in [0.25, 0.3) is 5.91 Å². The molecule has 0 aliphatic carbocycles. The average Bonchev–Trinajstić information content (AvgIpc) is 2.98. The van der Waals surface area contributed by atoms with Crippen LogP contribution in [0, 0.1) is 0 Å². The molecule has 2 rings (SSSR count). The van der Waals surface area contributed by atoms with Crippen molar-refractivity contribution in [3.8, 4) is 5.75 Å². The predicted molar refractivity (Wildman–Crippen MR) is 75.5 cm³/mol. The molecule has 0 saturated carbocycles. The maximum absolute atomic E-state index is 12.0. The number of carboxylic acids is 1. The summed E-state index contributed by atoms with van der Waals surface area (Å²) in [6.45, 7) is 0.940. The molecular formula is C15H19NO5. The maximum atomic E-state index is 12.0. The van der Waals surface area contributed by atoms with Crippen molar-refractivity contribution in [3.05, 3.63) is 29.8 Å². The van der Waals surface area contributed by atoms with E-state index in [1.807, 2.05) is 0 Å². The molecule has 1 heterocycles. The highest BCUT2D eigenvalue weighted by Crippen LogP contribution is 2.15. The number of carboxylic acid groups (broad SMARTS) is 1. The van der Waals surface area contributed by atoms with Gasteiger partial charge in [-0.15, -0.1) is 0 Å². The molecule has 1 unspecified atom stereocenters. The second kappa shape index (κ2) is 7.64. The zero-order chi connectivity index (χ0) is 15.1. The lowest BCUT2D eigenvalue weighted by Gasteiger charge is -2.10. The molecule has 0 spiro atoms. The molecule has 1 atom stereocenters. The molecule has 1 aliphatic heterocycles. The van der Waals surface area contributed by atoms with E-state index in [4.69, 9.17) is 14.6 Å². The summed E-state index contributed by atoms with van der Waals surface area (Å²) < 4.78 is 10.5. The fourth-order valence-electron chi connectivity index (χ4n) is 2.19. The van der Waals surface area contributed by atoms with Crippen LogP contribution in [-0.4, -0.2) is 42.8 Å². The van der Waals surface area contributed by atoms with Crippen LogP contribution in [0.3, 0.4) is 0 Å². The van der Waals surface area contributed by atoms with E-state index >= 15 is 0 Å². The maximum Gasteiger partial charge on any atom is 0.341 e. The first kappa shape index (κ1) is 15.3. The van der Waals surface area contributed by atoms with Crippen LogP contribution >= 0.6 is 0 Å². The molecule has 1 saturated heterocycles. The van der Waals surface area contributed by atoms with Gasteiger partial charge in [0.2, 0.25) is 0 Å². The molecular weight excluding hydrogens is 274 g/mol. The van der Waals surface area contributed by atoms with Gasteiger partial charge < -0.3 is 19.9 Å². The number of hydrogen-bond donors (Lipinski definition) is 2. The molecule has 0 radical (unpaired) electrons. The van der Waals surface area contributed by atoms with Gasteiger partial charge in [0.1, 0.15) is 5.75 Å². The second-order valence-electron chi connectivity index (χ2n) is 4.89. The minimum atomic E-state index is -1.05. The van der Waals surface area contributed by atoms with Crippen molar-refractivity contribution in [2.24, 2.45) is 0 Å². The summed E-state index contributed by atoms with van der Waals surface area (Å²) >= 11 is 0. The lowest BCUT2D eigenvalue weighted by Crippen LogP contribution is -2.27. The van der Waals surface area contributed by atoms with Crippen molar-refractivity contribution in [1.82, 2.24) is 5.32 Å². The van der Waals surface area contributed by atoms with Crippen LogP contribution < -0.4 is 10.1 Å². The lowest BCUT2D eigenvalue weighted by molar-refractivity contribution is -0.139. The Morgan fingerprint density at radius 1 is 1.43 bits per heavy atom. The molecule has 6 heteroatoms. The van der Waals surface area contributed by atoms with E-state index in [2.05, 4.69) is 5.32 Å². The van der Waals surface area contributed by atoms with Crippen LogP contribution in [0.25, 0.3) is 0 Å². The fourth-order valence-corrected chi connectivity index (χ4v) is 2.19. The zero-order valence-corrected chi connectivity index (χ0v) is 11.7. The topological polar surface area (TPSA) is 84.9 Å². The van der Waals surface area contributed by atoms with Gasteiger partial charge in [0.15, 0.2) is 6.61 Å². The summed E-state index contributed by atoms with van der Waals surface area (Å²) in [6.07, 6.45) is 3.19. The summed E-state index contributed by atoms with van der Waals surface area (Å²) in [7, 11) is 0. The largest absolute Gasteiger partial charge is 0.482 e. The van der Waals surface area contributed by atoms with Crippen molar-refractivity contribution < 1.29 is 24.2 Å². The number of nitrogens with one attached hydrogen (secondary N) is 1. The summed E-state index contributed by atoms with van der Waals surface area (Å²) in [5, 5.41) is 11.4. The second-order valence-corrected chi connectivity index (χ2v) is 4.89. The molecule has 1 aliphatic rings. The number of ether oxygens (including phenoxy) is 2. The van der Waals surface area contributed by atoms with Crippen LogP contribution in [-0.2, 0) is 9.53 Å². The van der Waals surface area contributed by atoms with Crippen molar-refractivity contribution in [1.29, 1.82) is 0 Å². The van der Waals surface area contributed by atoms with Gasteiger partial charge >= 0.3 is 5.97 Å². The third-order valence-corrected chi connectivity index (χ3v) is 3.23. The minimum absolute atomic E-state index is 0.200. The Balaban J connectivity index is 1.80. The van der Waals surface area contributed by atoms with Gasteiger partial charge in [0, 0.05) is 18.7 Å². The van der Waals surface area contributed by atoms with Crippen LogP contribution in [0.2, 0.25) is 0 Å². The Hall–Kier alpha value is -2.08. The summed E-state index contributed by atoms with van der Waals surface area (Å²) in [4.78, 5) is 22.4. The number of carbonyl (C=O) groups excluding carboxylic acids is 1. The Morgan fingerprint density at radius 3 is 3.00 bits per heavy atom. The quantitative estimate of drug-likeness (QED) is 0.795. The van der Waals surface area contributed by atoms with E-state index in [0.29, 0.717) is 17.9 Å². The smallest absolute Gasteiger partial charge is 0.341 e. The SMILES string of the molecule is O=C(O)COc1cccc(C(=O)NCCC2CCCO2)c1. The summed E-state index contributed by atoms with van der Waals surface area (Å²) in [5.74, 6) is -0.889. The molecule has 0 aromatic heterocycles. The van der Waals surface area contributed by atoms with Gasteiger partial charge in [-0.05, 0) is 37.5 Å². The first-order chi connectivity index (χ1) is 10.1. The number of aliphatic carboxylic acids is 1. The Labute approximate surface area is 123 Å². The highest BCUT2D eigenvalue weighted by molar-refractivity contribution is 5.94. The highest BCUT2D eigenvalue weighted by Gasteiger charge is 2.15. The van der Waals surface area contributed by atoms with Crippen LogP contribution in [0.5, 0.6) is 5.75 Å². The molecule has 0 bridgehead atoms. The van der Waals surface area contributed by atoms with Crippen LogP contribution in [0.4, 0.5) is 0 Å². The van der Waals surface area contributed by atoms with Gasteiger partial charge in [-0.3, -0.25) is 4.79 Å². The predicted octanol–water partition coefficient (Wildman–Crippen LogP) is 1.45. The first-order valence-corrected chi connectivity index (χ1v) is 6.99. The number of rotatable bonds is 7. The van der Waals surface area contributed by atoms with E-state index < -0.39 is 12.6 Å². The third-order valence-electron chi connectivity index (χ3n) is 3.23. The van der Waals surface area contributed by atoms with E-state index in [9.17, 15) is 9.59 Å². The Bertz CT molecular complexity index is 497. The van der Waals surface area contributed by atoms with Gasteiger partial charge in [-0.1, -0.05) is 6.07 Å². The lowest BCUT2D eigenvalue weighted by atomic mass is 10.1. The van der Waals surface area contributed by atoms with Crippen LogP contribution in [0.15, 0.2) is 24.3 Å². The molecule has 114 valence electrons. The fraction of sp³-hybridized carbons (Fsp3) is 0.467. The standard InChI is InChI=1S/C15H19NO5/c17-14(18)10-21-13-4-1-3-11(9-13)15(19)16-7-6-12-5-2-8-20-12/h1,3-4,9,12H,2,5-8,10H2,(H,16,19)(H,17,18). The molecule has 1 aromatic rings. The molecule has 1 amide bonds. The monoisotopic (exact) mass is 293 g/mol. The number of hydrogen-bond acceptors (Lipinski definition) is 4. The number of benzene rings is 1. The van der Waals surface area contributed by atoms with Gasteiger partial charge in [-0.25, -0.2) is 4.79 Å². The van der Waals surface area contributed by atoms with Crippen molar-refractivity contribution >= 4 is 11.9 Å². The summed E-state index contributed by atoms with van der Waals surface area (Å²) in [5.41, 5.74) is 0.449. The van der Waals surface area contributed by atoms with Gasteiger partial charge in [-0.2, -0.15) is 0 Å². The minimum Gasteiger partial charge on any atom is -0.482 e. The van der Waals surface area contributed by atoms with E-state index in [0.717, 1.165) is 25.9 Å². The number of carbonyl (C=O) groups is 2. The molecule has 6 nitrogen and oxygen atoms in total. The molecule has 2 N–H and O–H groups in total. The highest BCUT2D eigenvalue weighted by atomic mass is 16.5.